The number of amides is 1. The second-order valence-corrected chi connectivity index (χ2v) is 4.65. The van der Waals surface area contributed by atoms with Gasteiger partial charge < -0.3 is 5.32 Å². The van der Waals surface area contributed by atoms with Crippen LogP contribution in [0.25, 0.3) is 0 Å². The first-order valence-corrected chi connectivity index (χ1v) is 5.54. The van der Waals surface area contributed by atoms with Crippen molar-refractivity contribution in [2.75, 3.05) is 5.32 Å². The molecule has 0 unspecified atom stereocenters. The monoisotopic (exact) mass is 239 g/mol. The summed E-state index contributed by atoms with van der Waals surface area (Å²) in [5.41, 5.74) is -0.355. The van der Waals surface area contributed by atoms with E-state index in [-0.39, 0.29) is 31.6 Å². The summed E-state index contributed by atoms with van der Waals surface area (Å²) in [7, 11) is 0. The number of anilines is 1. The van der Waals surface area contributed by atoms with E-state index in [1.54, 1.807) is 0 Å². The van der Waals surface area contributed by atoms with E-state index in [9.17, 15) is 13.6 Å². The van der Waals surface area contributed by atoms with Crippen molar-refractivity contribution in [3.63, 3.8) is 0 Å². The van der Waals surface area contributed by atoms with Crippen molar-refractivity contribution in [1.29, 1.82) is 0 Å². The molecule has 1 spiro atoms. The van der Waals surface area contributed by atoms with Gasteiger partial charge in [0.05, 0.1) is 11.1 Å². The lowest BCUT2D eigenvalue weighted by atomic mass is 9.71. The molecule has 2 aliphatic rings. The minimum atomic E-state index is -2.66. The number of nitrogens with zero attached hydrogens (tertiary/aromatic N) is 2. The minimum Gasteiger partial charge on any atom is -0.308 e. The third-order valence-corrected chi connectivity index (χ3v) is 3.65. The second-order valence-electron chi connectivity index (χ2n) is 4.65. The van der Waals surface area contributed by atoms with E-state index in [2.05, 4.69) is 15.3 Å². The lowest BCUT2D eigenvalue weighted by Gasteiger charge is -2.34. The SMILES string of the molecule is O=C1Nc2nccnc2C12CCC(F)(F)CC2. The molecule has 1 amide bonds. The van der Waals surface area contributed by atoms with Gasteiger partial charge in [0, 0.05) is 25.2 Å². The number of rotatable bonds is 0. The maximum atomic E-state index is 13.2. The highest BCUT2D eigenvalue weighted by molar-refractivity contribution is 6.04. The number of carbonyl (C=O) groups is 1. The molecule has 0 bridgehead atoms. The van der Waals surface area contributed by atoms with Crippen molar-refractivity contribution in [3.8, 4) is 0 Å². The highest BCUT2D eigenvalue weighted by Crippen LogP contribution is 2.49. The summed E-state index contributed by atoms with van der Waals surface area (Å²) in [6, 6.07) is 0. The molecule has 1 aromatic rings. The van der Waals surface area contributed by atoms with Crippen LogP contribution >= 0.6 is 0 Å². The smallest absolute Gasteiger partial charge is 0.248 e. The Balaban J connectivity index is 2.01. The Morgan fingerprint density at radius 1 is 1.12 bits per heavy atom. The molecular weight excluding hydrogens is 228 g/mol. The molecule has 0 aromatic carbocycles. The fraction of sp³-hybridized carbons (Fsp3) is 0.545. The van der Waals surface area contributed by atoms with E-state index in [1.807, 2.05) is 0 Å². The molecule has 17 heavy (non-hydrogen) atoms. The molecule has 4 nitrogen and oxygen atoms in total. The lowest BCUT2D eigenvalue weighted by molar-refractivity contribution is -0.126. The minimum absolute atomic E-state index is 0.136. The fourth-order valence-corrected chi connectivity index (χ4v) is 2.62. The second kappa shape index (κ2) is 3.21. The predicted octanol–water partition coefficient (Wildman–Crippen LogP) is 1.88. The fourth-order valence-electron chi connectivity index (χ4n) is 2.62. The Morgan fingerprint density at radius 2 is 1.76 bits per heavy atom. The molecule has 1 saturated carbocycles. The number of carbonyl (C=O) groups excluding carboxylic acids is 1. The number of hydrogen-bond donors (Lipinski definition) is 1. The zero-order valence-corrected chi connectivity index (χ0v) is 9.04. The first-order valence-electron chi connectivity index (χ1n) is 5.54. The topological polar surface area (TPSA) is 54.9 Å². The summed E-state index contributed by atoms with van der Waals surface area (Å²) in [4.78, 5) is 20.1. The van der Waals surface area contributed by atoms with Crippen molar-refractivity contribution < 1.29 is 13.6 Å². The van der Waals surface area contributed by atoms with Gasteiger partial charge in [-0.25, -0.2) is 13.8 Å². The zero-order valence-electron chi connectivity index (χ0n) is 9.04. The van der Waals surface area contributed by atoms with Gasteiger partial charge >= 0.3 is 0 Å². The van der Waals surface area contributed by atoms with E-state index in [1.165, 1.54) is 12.4 Å². The van der Waals surface area contributed by atoms with Crippen molar-refractivity contribution in [3.05, 3.63) is 18.1 Å². The van der Waals surface area contributed by atoms with Crippen LogP contribution in [0.4, 0.5) is 14.6 Å². The number of fused-ring (bicyclic) bond motifs is 2. The number of aromatic nitrogens is 2. The Labute approximate surface area is 96.5 Å². The normalized spacial score (nSPS) is 24.5. The zero-order chi connectivity index (χ0) is 12.1. The molecule has 0 atom stereocenters. The van der Waals surface area contributed by atoms with Crippen LogP contribution < -0.4 is 5.32 Å². The summed E-state index contributed by atoms with van der Waals surface area (Å²) >= 11 is 0. The summed E-state index contributed by atoms with van der Waals surface area (Å²) in [6.45, 7) is 0. The van der Waals surface area contributed by atoms with E-state index in [0.29, 0.717) is 11.5 Å². The molecule has 0 radical (unpaired) electrons. The van der Waals surface area contributed by atoms with Crippen LogP contribution in [0.2, 0.25) is 0 Å². The van der Waals surface area contributed by atoms with Crippen LogP contribution in [-0.2, 0) is 10.2 Å². The van der Waals surface area contributed by atoms with Crippen molar-refractivity contribution in [2.45, 2.75) is 37.0 Å². The maximum Gasteiger partial charge on any atom is 0.248 e. The summed E-state index contributed by atoms with van der Waals surface area (Å²) < 4.78 is 26.4. The molecule has 1 N–H and O–H groups in total. The Morgan fingerprint density at radius 3 is 2.47 bits per heavy atom. The van der Waals surface area contributed by atoms with Gasteiger partial charge in [0.2, 0.25) is 11.8 Å². The van der Waals surface area contributed by atoms with Crippen LogP contribution in [0.3, 0.4) is 0 Å². The van der Waals surface area contributed by atoms with Crippen molar-refractivity contribution in [2.24, 2.45) is 0 Å². The highest BCUT2D eigenvalue weighted by Gasteiger charge is 2.54. The quantitative estimate of drug-likeness (QED) is 0.752. The Kier molecular flexibility index (Phi) is 1.99. The summed E-state index contributed by atoms with van der Waals surface area (Å²) in [5, 5.41) is 2.63. The van der Waals surface area contributed by atoms with Gasteiger partial charge in [0.25, 0.3) is 0 Å². The number of hydrogen-bond acceptors (Lipinski definition) is 3. The third-order valence-electron chi connectivity index (χ3n) is 3.65. The van der Waals surface area contributed by atoms with Gasteiger partial charge in [0.1, 0.15) is 0 Å². The van der Waals surface area contributed by atoms with E-state index >= 15 is 0 Å². The molecule has 90 valence electrons. The molecule has 6 heteroatoms. The molecule has 1 aromatic heterocycles. The molecule has 1 aliphatic heterocycles. The summed E-state index contributed by atoms with van der Waals surface area (Å²) in [6.07, 6.45) is 2.71. The van der Waals surface area contributed by atoms with Gasteiger partial charge in [-0.3, -0.25) is 9.78 Å². The first-order chi connectivity index (χ1) is 8.04. The molecule has 0 saturated heterocycles. The largest absolute Gasteiger partial charge is 0.308 e. The van der Waals surface area contributed by atoms with Crippen LogP contribution in [0.5, 0.6) is 0 Å². The standard InChI is InChI=1S/C11H11F2N3O/c12-11(13)3-1-10(2-4-11)7-8(16-9(10)17)15-6-5-14-7/h5-6H,1-4H2,(H,15,16,17). The van der Waals surface area contributed by atoms with Crippen LogP contribution in [0.15, 0.2) is 12.4 Å². The van der Waals surface area contributed by atoms with E-state index in [4.69, 9.17) is 0 Å². The van der Waals surface area contributed by atoms with Crippen molar-refractivity contribution >= 4 is 11.7 Å². The first kappa shape index (κ1) is 10.6. The van der Waals surface area contributed by atoms with E-state index < -0.39 is 11.3 Å². The van der Waals surface area contributed by atoms with Gasteiger partial charge in [-0.2, -0.15) is 0 Å². The van der Waals surface area contributed by atoms with Gasteiger partial charge in [-0.1, -0.05) is 0 Å². The van der Waals surface area contributed by atoms with Crippen LogP contribution in [-0.4, -0.2) is 21.8 Å². The molecular formula is C11H11F2N3O. The average molecular weight is 239 g/mol. The number of halogens is 2. The molecule has 1 aliphatic carbocycles. The number of alkyl halides is 2. The van der Waals surface area contributed by atoms with Gasteiger partial charge in [-0.05, 0) is 12.8 Å². The third kappa shape index (κ3) is 1.43. The van der Waals surface area contributed by atoms with Gasteiger partial charge in [-0.15, -0.1) is 0 Å². The number of nitrogens with one attached hydrogen (secondary N) is 1. The van der Waals surface area contributed by atoms with Gasteiger partial charge in [0.15, 0.2) is 5.82 Å². The summed E-state index contributed by atoms with van der Waals surface area (Å²) in [5.74, 6) is -2.48. The molecule has 1 fully saturated rings. The predicted molar refractivity (Wildman–Crippen MR) is 55.8 cm³/mol. The van der Waals surface area contributed by atoms with Crippen molar-refractivity contribution in [1.82, 2.24) is 9.97 Å². The average Bonchev–Trinajstić information content (AvgIpc) is 2.57. The highest BCUT2D eigenvalue weighted by atomic mass is 19.3. The van der Waals surface area contributed by atoms with Crippen LogP contribution in [0, 0.1) is 0 Å². The molecule has 3 rings (SSSR count). The maximum absolute atomic E-state index is 13.2. The molecule has 2 heterocycles. The van der Waals surface area contributed by atoms with E-state index in [0.717, 1.165) is 0 Å². The Bertz CT molecular complexity index is 479. The lowest BCUT2D eigenvalue weighted by Crippen LogP contribution is -2.42. The van der Waals surface area contributed by atoms with Crippen LogP contribution in [0.1, 0.15) is 31.4 Å². The Hall–Kier alpha value is -1.59.